The fourth-order valence-electron chi connectivity index (χ4n) is 1.64. The Balaban J connectivity index is 2.22. The molecule has 1 aromatic heterocycles. The predicted molar refractivity (Wildman–Crippen MR) is 75.1 cm³/mol. The van der Waals surface area contributed by atoms with Gasteiger partial charge in [-0.1, -0.05) is 29.8 Å². The van der Waals surface area contributed by atoms with E-state index in [1.165, 1.54) is 5.56 Å². The van der Waals surface area contributed by atoms with Crippen molar-refractivity contribution in [2.75, 3.05) is 25.6 Å². The molecule has 0 radical (unpaired) electrons. The van der Waals surface area contributed by atoms with Gasteiger partial charge in [0.2, 0.25) is 0 Å². The minimum absolute atomic E-state index is 0.628. The van der Waals surface area contributed by atoms with Crippen LogP contribution in [0.5, 0.6) is 0 Å². The summed E-state index contributed by atoms with van der Waals surface area (Å²) < 4.78 is 5.01. The molecule has 0 aliphatic carbocycles. The first-order chi connectivity index (χ1) is 9.20. The standard InChI is InChI=1S/C14H18N4O/c1-10-4-6-12(7-5-10)14-16-13(11(2)17-18-14)15-8-9-19-3/h4-7H,8-9H2,1-3H3,(H,15,16,18). The monoisotopic (exact) mass is 258 g/mol. The summed E-state index contributed by atoms with van der Waals surface area (Å²) in [7, 11) is 1.67. The van der Waals surface area contributed by atoms with E-state index in [0.29, 0.717) is 19.0 Å². The third kappa shape index (κ3) is 3.48. The van der Waals surface area contributed by atoms with E-state index in [4.69, 9.17) is 4.74 Å². The molecule has 0 saturated heterocycles. The second-order valence-corrected chi connectivity index (χ2v) is 4.36. The Morgan fingerprint density at radius 3 is 2.53 bits per heavy atom. The number of aryl methyl sites for hydroxylation is 2. The van der Waals surface area contributed by atoms with Crippen molar-refractivity contribution in [2.24, 2.45) is 0 Å². The molecule has 0 unspecified atom stereocenters. The van der Waals surface area contributed by atoms with Crippen molar-refractivity contribution >= 4 is 5.82 Å². The van der Waals surface area contributed by atoms with Crippen LogP contribution in [-0.4, -0.2) is 35.4 Å². The van der Waals surface area contributed by atoms with Crippen LogP contribution in [0.2, 0.25) is 0 Å². The van der Waals surface area contributed by atoms with Crippen molar-refractivity contribution in [3.8, 4) is 11.4 Å². The highest BCUT2D eigenvalue weighted by molar-refractivity contribution is 5.57. The third-order valence-corrected chi connectivity index (χ3v) is 2.76. The van der Waals surface area contributed by atoms with Crippen molar-refractivity contribution < 1.29 is 4.74 Å². The van der Waals surface area contributed by atoms with E-state index in [1.807, 2.05) is 31.2 Å². The fraction of sp³-hybridized carbons (Fsp3) is 0.357. The maximum atomic E-state index is 5.01. The van der Waals surface area contributed by atoms with Gasteiger partial charge in [-0.15, -0.1) is 10.2 Å². The van der Waals surface area contributed by atoms with Crippen molar-refractivity contribution in [3.63, 3.8) is 0 Å². The van der Waals surface area contributed by atoms with E-state index >= 15 is 0 Å². The SMILES string of the molecule is COCCNc1nc(-c2ccc(C)cc2)nnc1C. The molecule has 2 rings (SSSR count). The Morgan fingerprint density at radius 2 is 1.84 bits per heavy atom. The van der Waals surface area contributed by atoms with Gasteiger partial charge >= 0.3 is 0 Å². The Kier molecular flexibility index (Phi) is 4.41. The average molecular weight is 258 g/mol. The summed E-state index contributed by atoms with van der Waals surface area (Å²) in [4.78, 5) is 4.50. The van der Waals surface area contributed by atoms with Gasteiger partial charge in [0.25, 0.3) is 0 Å². The highest BCUT2D eigenvalue weighted by Gasteiger charge is 2.07. The van der Waals surface area contributed by atoms with E-state index in [2.05, 4.69) is 27.4 Å². The van der Waals surface area contributed by atoms with Crippen molar-refractivity contribution in [3.05, 3.63) is 35.5 Å². The number of aromatic nitrogens is 3. The van der Waals surface area contributed by atoms with Crippen molar-refractivity contribution in [1.82, 2.24) is 15.2 Å². The van der Waals surface area contributed by atoms with Gasteiger partial charge < -0.3 is 10.1 Å². The maximum absolute atomic E-state index is 5.01. The quantitative estimate of drug-likeness (QED) is 0.833. The molecule has 2 aromatic rings. The molecule has 0 saturated carbocycles. The lowest BCUT2D eigenvalue weighted by molar-refractivity contribution is 0.210. The summed E-state index contributed by atoms with van der Waals surface area (Å²) in [6, 6.07) is 8.08. The zero-order valence-electron chi connectivity index (χ0n) is 11.5. The maximum Gasteiger partial charge on any atom is 0.183 e. The summed E-state index contributed by atoms with van der Waals surface area (Å²) in [6.45, 7) is 5.26. The van der Waals surface area contributed by atoms with Gasteiger partial charge in [0.1, 0.15) is 5.69 Å². The molecule has 1 N–H and O–H groups in total. The molecular weight excluding hydrogens is 240 g/mol. The summed E-state index contributed by atoms with van der Waals surface area (Å²) >= 11 is 0. The predicted octanol–water partition coefficient (Wildman–Crippen LogP) is 2.21. The number of rotatable bonds is 5. The van der Waals surface area contributed by atoms with Crippen LogP contribution in [0.3, 0.4) is 0 Å². The van der Waals surface area contributed by atoms with Gasteiger partial charge in [-0.05, 0) is 13.8 Å². The molecule has 100 valence electrons. The highest BCUT2D eigenvalue weighted by atomic mass is 16.5. The van der Waals surface area contributed by atoms with E-state index in [0.717, 1.165) is 17.1 Å². The summed E-state index contributed by atoms with van der Waals surface area (Å²) in [5, 5.41) is 11.5. The lowest BCUT2D eigenvalue weighted by atomic mass is 10.1. The van der Waals surface area contributed by atoms with Crippen molar-refractivity contribution in [2.45, 2.75) is 13.8 Å². The lowest BCUT2D eigenvalue weighted by Crippen LogP contribution is -2.11. The number of methoxy groups -OCH3 is 1. The van der Waals surface area contributed by atoms with Gasteiger partial charge in [-0.25, -0.2) is 4.98 Å². The van der Waals surface area contributed by atoms with Crippen LogP contribution in [0.4, 0.5) is 5.82 Å². The Hall–Kier alpha value is -2.01. The molecule has 0 aliphatic heterocycles. The lowest BCUT2D eigenvalue weighted by Gasteiger charge is -2.08. The molecule has 0 aliphatic rings. The molecule has 0 amide bonds. The first-order valence-electron chi connectivity index (χ1n) is 6.22. The number of ether oxygens (including phenoxy) is 1. The van der Waals surface area contributed by atoms with E-state index in [9.17, 15) is 0 Å². The number of nitrogens with zero attached hydrogens (tertiary/aromatic N) is 3. The molecule has 1 aromatic carbocycles. The molecule has 19 heavy (non-hydrogen) atoms. The van der Waals surface area contributed by atoms with E-state index in [-0.39, 0.29) is 0 Å². The summed E-state index contributed by atoms with van der Waals surface area (Å²) in [5.74, 6) is 1.38. The molecule has 0 atom stereocenters. The molecule has 5 heteroatoms. The first-order valence-corrected chi connectivity index (χ1v) is 6.22. The van der Waals surface area contributed by atoms with Gasteiger partial charge in [0.05, 0.1) is 6.61 Å². The normalized spacial score (nSPS) is 10.5. The zero-order chi connectivity index (χ0) is 13.7. The topological polar surface area (TPSA) is 59.9 Å². The molecule has 5 nitrogen and oxygen atoms in total. The highest BCUT2D eigenvalue weighted by Crippen LogP contribution is 2.17. The van der Waals surface area contributed by atoms with E-state index < -0.39 is 0 Å². The molecule has 0 fully saturated rings. The Morgan fingerprint density at radius 1 is 1.11 bits per heavy atom. The number of hydrogen-bond acceptors (Lipinski definition) is 5. The summed E-state index contributed by atoms with van der Waals surface area (Å²) in [6.07, 6.45) is 0. The van der Waals surface area contributed by atoms with Gasteiger partial charge in [0, 0.05) is 19.2 Å². The van der Waals surface area contributed by atoms with Crippen LogP contribution < -0.4 is 5.32 Å². The number of anilines is 1. The van der Waals surface area contributed by atoms with E-state index in [1.54, 1.807) is 7.11 Å². The number of nitrogens with one attached hydrogen (secondary N) is 1. The van der Waals surface area contributed by atoms with Crippen LogP contribution >= 0.6 is 0 Å². The van der Waals surface area contributed by atoms with Crippen molar-refractivity contribution in [1.29, 1.82) is 0 Å². The summed E-state index contributed by atoms with van der Waals surface area (Å²) in [5.41, 5.74) is 2.96. The molecule has 0 spiro atoms. The number of benzene rings is 1. The molecule has 0 bridgehead atoms. The van der Waals surface area contributed by atoms with Crippen LogP contribution in [0, 0.1) is 13.8 Å². The van der Waals surface area contributed by atoms with Crippen LogP contribution in [0.25, 0.3) is 11.4 Å². The second-order valence-electron chi connectivity index (χ2n) is 4.36. The Labute approximate surface area is 113 Å². The zero-order valence-corrected chi connectivity index (χ0v) is 11.5. The minimum atomic E-state index is 0.628. The van der Waals surface area contributed by atoms with Crippen LogP contribution in [0.1, 0.15) is 11.3 Å². The van der Waals surface area contributed by atoms with Crippen LogP contribution in [0.15, 0.2) is 24.3 Å². The van der Waals surface area contributed by atoms with Gasteiger partial charge in [-0.3, -0.25) is 0 Å². The van der Waals surface area contributed by atoms with Gasteiger partial charge in [0.15, 0.2) is 11.6 Å². The average Bonchev–Trinajstić information content (AvgIpc) is 2.42. The first kappa shape index (κ1) is 13.4. The fourth-order valence-corrected chi connectivity index (χ4v) is 1.64. The largest absolute Gasteiger partial charge is 0.383 e. The second kappa shape index (κ2) is 6.24. The molecule has 1 heterocycles. The Bertz CT molecular complexity index is 540. The minimum Gasteiger partial charge on any atom is -0.383 e. The van der Waals surface area contributed by atoms with Gasteiger partial charge in [-0.2, -0.15) is 0 Å². The number of hydrogen-bond donors (Lipinski definition) is 1. The molecular formula is C14H18N4O. The third-order valence-electron chi connectivity index (χ3n) is 2.76. The van der Waals surface area contributed by atoms with Crippen LogP contribution in [-0.2, 0) is 4.74 Å². The smallest absolute Gasteiger partial charge is 0.183 e.